The minimum atomic E-state index is -0.510. The van der Waals surface area contributed by atoms with Crippen LogP contribution in [0.3, 0.4) is 0 Å². The van der Waals surface area contributed by atoms with E-state index < -0.39 is 11.9 Å². The van der Waals surface area contributed by atoms with Crippen molar-refractivity contribution in [3.8, 4) is 17.2 Å². The van der Waals surface area contributed by atoms with Crippen molar-refractivity contribution in [2.24, 2.45) is 0 Å². The quantitative estimate of drug-likeness (QED) is 0.166. The second kappa shape index (κ2) is 14.5. The Balaban J connectivity index is 1.71. The largest absolute Gasteiger partial charge is 0.494 e. The van der Waals surface area contributed by atoms with E-state index in [1.54, 1.807) is 48.5 Å². The molecule has 0 radical (unpaired) electrons. The van der Waals surface area contributed by atoms with Crippen LogP contribution < -0.4 is 14.2 Å². The number of benzene rings is 2. The highest BCUT2D eigenvalue weighted by atomic mass is 16.5. The lowest BCUT2D eigenvalue weighted by Gasteiger charge is -2.08. The Kier molecular flexibility index (Phi) is 11.2. The number of hydrogen-bond donors (Lipinski definition) is 0. The SMILES string of the molecule is C=CC(=O)OCCCCCC(=O)Oc1ccc(C(=O)Oc2ccc(OCCCC)cc2)cc1. The lowest BCUT2D eigenvalue weighted by molar-refractivity contribution is -0.138. The highest BCUT2D eigenvalue weighted by Gasteiger charge is 2.11. The molecule has 0 unspecified atom stereocenters. The van der Waals surface area contributed by atoms with E-state index in [9.17, 15) is 14.4 Å². The van der Waals surface area contributed by atoms with Crippen molar-refractivity contribution >= 4 is 17.9 Å². The molecule has 0 fully saturated rings. The Morgan fingerprint density at radius 2 is 1.42 bits per heavy atom. The molecule has 0 spiro atoms. The molecule has 0 aromatic heterocycles. The summed E-state index contributed by atoms with van der Waals surface area (Å²) in [5.41, 5.74) is 0.340. The van der Waals surface area contributed by atoms with Crippen LogP contribution in [0.25, 0.3) is 0 Å². The zero-order valence-electron chi connectivity index (χ0n) is 18.9. The fraction of sp³-hybridized carbons (Fsp3) is 0.346. The third-order valence-electron chi connectivity index (χ3n) is 4.56. The first-order valence-corrected chi connectivity index (χ1v) is 11.1. The molecule has 0 saturated carbocycles. The third kappa shape index (κ3) is 10.0. The van der Waals surface area contributed by atoms with Crippen LogP contribution in [-0.2, 0) is 14.3 Å². The van der Waals surface area contributed by atoms with Crippen molar-refractivity contribution in [3.63, 3.8) is 0 Å². The van der Waals surface area contributed by atoms with Gasteiger partial charge in [0, 0.05) is 12.5 Å². The predicted octanol–water partition coefficient (Wildman–Crippen LogP) is 5.28. The van der Waals surface area contributed by atoms with Gasteiger partial charge in [-0.1, -0.05) is 19.9 Å². The summed E-state index contributed by atoms with van der Waals surface area (Å²) in [7, 11) is 0. The Morgan fingerprint density at radius 3 is 2.09 bits per heavy atom. The zero-order valence-corrected chi connectivity index (χ0v) is 18.9. The Hall–Kier alpha value is -3.61. The normalized spacial score (nSPS) is 10.2. The van der Waals surface area contributed by atoms with E-state index in [4.69, 9.17) is 18.9 Å². The van der Waals surface area contributed by atoms with Gasteiger partial charge in [-0.25, -0.2) is 9.59 Å². The minimum Gasteiger partial charge on any atom is -0.494 e. The molecule has 0 aliphatic heterocycles. The molecule has 2 rings (SSSR count). The number of carbonyl (C=O) groups is 3. The molecule has 0 heterocycles. The van der Waals surface area contributed by atoms with Crippen LogP contribution in [0.5, 0.6) is 17.2 Å². The molecule has 0 aliphatic rings. The van der Waals surface area contributed by atoms with E-state index in [-0.39, 0.29) is 12.4 Å². The molecule has 0 N–H and O–H groups in total. The van der Waals surface area contributed by atoms with Crippen molar-refractivity contribution in [1.82, 2.24) is 0 Å². The van der Waals surface area contributed by atoms with Crippen molar-refractivity contribution < 1.29 is 33.3 Å². The van der Waals surface area contributed by atoms with E-state index in [2.05, 4.69) is 13.5 Å². The first kappa shape index (κ1) is 25.6. The second-order valence-electron chi connectivity index (χ2n) is 7.24. The summed E-state index contributed by atoms with van der Waals surface area (Å²) in [4.78, 5) is 35.2. The fourth-order valence-electron chi connectivity index (χ4n) is 2.73. The highest BCUT2D eigenvalue weighted by Crippen LogP contribution is 2.20. The molecule has 0 aliphatic carbocycles. The Morgan fingerprint density at radius 1 is 0.788 bits per heavy atom. The van der Waals surface area contributed by atoms with Gasteiger partial charge >= 0.3 is 17.9 Å². The monoisotopic (exact) mass is 454 g/mol. The number of ether oxygens (including phenoxy) is 4. The van der Waals surface area contributed by atoms with Crippen LogP contribution in [0.15, 0.2) is 61.2 Å². The summed E-state index contributed by atoms with van der Waals surface area (Å²) < 4.78 is 21.1. The summed E-state index contributed by atoms with van der Waals surface area (Å²) in [5.74, 6) is 0.166. The minimum absolute atomic E-state index is 0.247. The molecular formula is C26H30O7. The number of esters is 3. The Labute approximate surface area is 194 Å². The molecule has 176 valence electrons. The van der Waals surface area contributed by atoms with Gasteiger partial charge in [0.05, 0.1) is 18.8 Å². The molecule has 2 aromatic rings. The lowest BCUT2D eigenvalue weighted by atomic mass is 10.2. The zero-order chi connectivity index (χ0) is 23.9. The van der Waals surface area contributed by atoms with Gasteiger partial charge in [-0.05, 0) is 74.2 Å². The number of unbranched alkanes of at least 4 members (excludes halogenated alkanes) is 3. The smallest absolute Gasteiger partial charge is 0.343 e. The maximum atomic E-state index is 12.3. The summed E-state index contributed by atoms with van der Waals surface area (Å²) in [6.45, 7) is 6.37. The molecule has 7 nitrogen and oxygen atoms in total. The standard InChI is InChI=1S/C26H30O7/c1-3-5-18-30-21-14-16-23(17-15-21)33-26(29)20-10-12-22(13-11-20)32-25(28)9-7-6-8-19-31-24(27)4-2/h4,10-17H,2-3,5-9,18-19H2,1H3. The molecule has 0 amide bonds. The van der Waals surface area contributed by atoms with Crippen molar-refractivity contribution in [1.29, 1.82) is 0 Å². The van der Waals surface area contributed by atoms with Gasteiger partial charge in [0.1, 0.15) is 17.2 Å². The van der Waals surface area contributed by atoms with Crippen LogP contribution >= 0.6 is 0 Å². The van der Waals surface area contributed by atoms with E-state index >= 15 is 0 Å². The molecule has 7 heteroatoms. The third-order valence-corrected chi connectivity index (χ3v) is 4.56. The average Bonchev–Trinajstić information content (AvgIpc) is 2.82. The van der Waals surface area contributed by atoms with Gasteiger partial charge < -0.3 is 18.9 Å². The first-order valence-electron chi connectivity index (χ1n) is 11.1. The van der Waals surface area contributed by atoms with Gasteiger partial charge in [-0.15, -0.1) is 0 Å². The second-order valence-corrected chi connectivity index (χ2v) is 7.24. The van der Waals surface area contributed by atoms with E-state index in [0.29, 0.717) is 43.1 Å². The van der Waals surface area contributed by atoms with Crippen molar-refractivity contribution in [2.75, 3.05) is 13.2 Å². The number of rotatable bonds is 14. The highest BCUT2D eigenvalue weighted by molar-refractivity contribution is 5.91. The summed E-state index contributed by atoms with van der Waals surface area (Å²) >= 11 is 0. The number of hydrogen-bond acceptors (Lipinski definition) is 7. The van der Waals surface area contributed by atoms with Crippen molar-refractivity contribution in [3.05, 3.63) is 66.7 Å². The lowest BCUT2D eigenvalue weighted by Crippen LogP contribution is -2.10. The topological polar surface area (TPSA) is 88.1 Å². The van der Waals surface area contributed by atoms with Gasteiger partial charge in [-0.2, -0.15) is 0 Å². The van der Waals surface area contributed by atoms with Crippen LogP contribution in [0.1, 0.15) is 55.8 Å². The van der Waals surface area contributed by atoms with Gasteiger partial charge in [0.25, 0.3) is 0 Å². The van der Waals surface area contributed by atoms with Crippen LogP contribution in [0.2, 0.25) is 0 Å². The van der Waals surface area contributed by atoms with Crippen LogP contribution in [0.4, 0.5) is 0 Å². The fourth-order valence-corrected chi connectivity index (χ4v) is 2.73. The molecule has 0 bridgehead atoms. The van der Waals surface area contributed by atoms with Crippen LogP contribution in [-0.4, -0.2) is 31.1 Å². The summed E-state index contributed by atoms with van der Waals surface area (Å²) in [5, 5.41) is 0. The summed E-state index contributed by atoms with van der Waals surface area (Å²) in [6.07, 6.45) is 5.43. The van der Waals surface area contributed by atoms with E-state index in [0.717, 1.165) is 31.1 Å². The predicted molar refractivity (Wildman–Crippen MR) is 124 cm³/mol. The number of carbonyl (C=O) groups excluding carboxylic acids is 3. The van der Waals surface area contributed by atoms with E-state index in [1.165, 1.54) is 0 Å². The van der Waals surface area contributed by atoms with Gasteiger partial charge in [-0.3, -0.25) is 4.79 Å². The Bertz CT molecular complexity index is 901. The first-order chi connectivity index (χ1) is 16.0. The van der Waals surface area contributed by atoms with Gasteiger partial charge in [0.15, 0.2) is 0 Å². The van der Waals surface area contributed by atoms with Gasteiger partial charge in [0.2, 0.25) is 0 Å². The molecule has 33 heavy (non-hydrogen) atoms. The molecule has 0 atom stereocenters. The van der Waals surface area contributed by atoms with E-state index in [1.807, 2.05) is 0 Å². The maximum absolute atomic E-state index is 12.3. The molecule has 0 saturated heterocycles. The van der Waals surface area contributed by atoms with Crippen molar-refractivity contribution in [2.45, 2.75) is 45.4 Å². The molecular weight excluding hydrogens is 424 g/mol. The average molecular weight is 455 g/mol. The molecule has 2 aromatic carbocycles. The van der Waals surface area contributed by atoms with Crippen LogP contribution in [0, 0.1) is 0 Å². The summed E-state index contributed by atoms with van der Waals surface area (Å²) in [6, 6.07) is 13.1. The maximum Gasteiger partial charge on any atom is 0.343 e.